The van der Waals surface area contributed by atoms with Crippen molar-refractivity contribution in [2.24, 2.45) is 0 Å². The van der Waals surface area contributed by atoms with Gasteiger partial charge in [-0.2, -0.15) is 11.2 Å². The Bertz CT molecular complexity index is 2720. The molecule has 0 aliphatic carbocycles. The van der Waals surface area contributed by atoms with Crippen molar-refractivity contribution in [1.82, 2.24) is 19.3 Å². The number of benzene rings is 5. The maximum absolute atomic E-state index is 6.78. The summed E-state index contributed by atoms with van der Waals surface area (Å²) in [7, 11) is 0. The zero-order valence-corrected chi connectivity index (χ0v) is 35.5. The Labute approximate surface area is 345 Å². The van der Waals surface area contributed by atoms with Crippen molar-refractivity contribution in [2.45, 2.75) is 80.1 Å². The first-order valence-corrected chi connectivity index (χ1v) is 19.1. The van der Waals surface area contributed by atoms with Crippen molar-refractivity contribution in [3.63, 3.8) is 0 Å². The number of aromatic nitrogens is 4. The molecule has 0 aliphatic rings. The molecule has 56 heavy (non-hydrogen) atoms. The van der Waals surface area contributed by atoms with Crippen molar-refractivity contribution in [1.29, 1.82) is 0 Å². The maximum Gasteiger partial charge on any atom is 2.00 e. The molecule has 0 bridgehead atoms. The van der Waals surface area contributed by atoms with Crippen LogP contribution in [0.4, 0.5) is 0 Å². The molecule has 284 valence electrons. The minimum atomic E-state index is -0.173. The number of hydrogen-bond acceptors (Lipinski definition) is 3. The van der Waals surface area contributed by atoms with E-state index in [1.165, 1.54) is 27.8 Å². The summed E-state index contributed by atoms with van der Waals surface area (Å²) in [6.07, 6.45) is 1.90. The third-order valence-corrected chi connectivity index (χ3v) is 10.6. The Morgan fingerprint density at radius 1 is 0.625 bits per heavy atom. The van der Waals surface area contributed by atoms with Crippen LogP contribution in [0, 0.1) is 39.8 Å². The molecule has 0 atom stereocenters. The monoisotopic (exact) mass is 826 g/mol. The quantitative estimate of drug-likeness (QED) is 0.124. The Kier molecular flexibility index (Phi) is 10.2. The normalized spacial score (nSPS) is 12.0. The summed E-state index contributed by atoms with van der Waals surface area (Å²) in [5, 5.41) is 7.49. The summed E-state index contributed by atoms with van der Waals surface area (Å²) in [5.41, 5.74) is 14.1. The fraction of sp³-hybridized carbons (Fsp3) is 0.240. The van der Waals surface area contributed by atoms with Gasteiger partial charge in [-0.1, -0.05) is 113 Å². The Hall–Kier alpha value is -5.28. The average molecular weight is 827 g/mol. The van der Waals surface area contributed by atoms with Gasteiger partial charge in [0.1, 0.15) is 5.82 Å². The summed E-state index contributed by atoms with van der Waals surface area (Å²) in [4.78, 5) is 4.86. The van der Waals surface area contributed by atoms with E-state index < -0.39 is 0 Å². The molecule has 5 nitrogen and oxygen atoms in total. The van der Waals surface area contributed by atoms with Gasteiger partial charge < -0.3 is 9.30 Å². The molecule has 8 aromatic rings. The molecule has 0 aliphatic heterocycles. The molecule has 5 aromatic carbocycles. The van der Waals surface area contributed by atoms with E-state index in [0.29, 0.717) is 11.5 Å². The summed E-state index contributed by atoms with van der Waals surface area (Å²) in [6.45, 7) is 22.0. The zero-order valence-electron chi connectivity index (χ0n) is 33.9. The molecular weight excluding hydrogens is 779 g/mol. The number of fused-ring (bicyclic) bond motifs is 3. The van der Waals surface area contributed by atoms with E-state index in [-0.39, 0.29) is 31.3 Å². The molecule has 0 radical (unpaired) electrons. The number of pyridine rings is 1. The van der Waals surface area contributed by atoms with Gasteiger partial charge in [-0.25, -0.2) is 4.98 Å². The van der Waals surface area contributed by atoms with E-state index in [0.717, 1.165) is 61.4 Å². The molecule has 8 rings (SSSR count). The Balaban J connectivity index is 0.00000480. The number of rotatable bonds is 6. The summed E-state index contributed by atoms with van der Waals surface area (Å²) in [5.74, 6) is 2.06. The largest absolute Gasteiger partial charge is 2.00 e. The van der Waals surface area contributed by atoms with Crippen LogP contribution in [-0.4, -0.2) is 19.3 Å². The number of ether oxygens (including phenoxy) is 1. The van der Waals surface area contributed by atoms with Crippen molar-refractivity contribution in [3.05, 3.63) is 155 Å². The maximum atomic E-state index is 6.78. The molecule has 0 spiro atoms. The van der Waals surface area contributed by atoms with Gasteiger partial charge in [-0.05, 0) is 90.1 Å². The van der Waals surface area contributed by atoms with Crippen molar-refractivity contribution < 1.29 is 25.2 Å². The van der Waals surface area contributed by atoms with Crippen molar-refractivity contribution in [3.8, 4) is 45.4 Å². The predicted molar refractivity (Wildman–Crippen MR) is 227 cm³/mol. The van der Waals surface area contributed by atoms with Gasteiger partial charge in [-0.15, -0.1) is 41.3 Å². The molecular formula is C50H48N4OPd. The van der Waals surface area contributed by atoms with Crippen LogP contribution in [0.1, 0.15) is 75.1 Å². The molecule has 3 aromatic heterocycles. The van der Waals surface area contributed by atoms with E-state index >= 15 is 0 Å². The second kappa shape index (κ2) is 14.7. The number of hydrogen-bond donors (Lipinski definition) is 0. The first-order valence-electron chi connectivity index (χ1n) is 19.1. The number of aryl methyl sites for hydroxylation is 4. The molecule has 3 heterocycles. The van der Waals surface area contributed by atoms with E-state index in [1.54, 1.807) is 0 Å². The van der Waals surface area contributed by atoms with Crippen LogP contribution in [0.25, 0.3) is 55.7 Å². The van der Waals surface area contributed by atoms with Crippen LogP contribution >= 0.6 is 0 Å². The van der Waals surface area contributed by atoms with Gasteiger partial charge in [0, 0.05) is 34.3 Å². The van der Waals surface area contributed by atoms with E-state index in [2.05, 4.69) is 188 Å². The van der Waals surface area contributed by atoms with E-state index in [9.17, 15) is 0 Å². The fourth-order valence-corrected chi connectivity index (χ4v) is 7.87. The number of para-hydroxylation sites is 1. The minimum Gasteiger partial charge on any atom is -0.509 e. The van der Waals surface area contributed by atoms with Gasteiger partial charge in [-0.3, -0.25) is 4.68 Å². The smallest absolute Gasteiger partial charge is 0.509 e. The van der Waals surface area contributed by atoms with Gasteiger partial charge in [0.2, 0.25) is 0 Å². The summed E-state index contributed by atoms with van der Waals surface area (Å²) in [6, 6.07) is 43.6. The SMILES string of the molecule is Cc1cc(C)c(-c2c(C)nn(-c3[c-]c(Oc4[c-]c5c(cc4)c4ccccc4n5-c4cc(C(C)(C)C)ccn4)cc(C(C)(C)C)c3)c2-c2ccccc2)c(C)c1.[Pd+2]. The summed E-state index contributed by atoms with van der Waals surface area (Å²) < 4.78 is 11.0. The molecule has 0 amide bonds. The van der Waals surface area contributed by atoms with Crippen LogP contribution in [0.15, 0.2) is 109 Å². The molecule has 6 heteroatoms. The molecule has 0 fully saturated rings. The van der Waals surface area contributed by atoms with Crippen molar-refractivity contribution >= 4 is 21.8 Å². The van der Waals surface area contributed by atoms with Crippen LogP contribution < -0.4 is 4.74 Å². The molecule has 0 N–H and O–H groups in total. The molecule has 0 unspecified atom stereocenters. The van der Waals surface area contributed by atoms with Crippen LogP contribution in [0.3, 0.4) is 0 Å². The van der Waals surface area contributed by atoms with E-state index in [4.69, 9.17) is 14.8 Å². The second-order valence-electron chi connectivity index (χ2n) is 16.9. The third-order valence-electron chi connectivity index (χ3n) is 10.6. The second-order valence-corrected chi connectivity index (χ2v) is 16.9. The standard InChI is InChI=1S/C50H48N4O.Pd/c1-31-24-32(2)46(33(3)25-31)47-34(4)52-54(48(47)35-16-12-11-13-17-35)38-26-37(50(8,9)10)27-40(29-38)55-39-20-21-42-41-18-14-15-19-43(41)53(44(42)30-39)45-28-36(22-23-51-45)49(5,6)7;/h11-28H,1-10H3;/q-2;+2. The molecule has 0 saturated carbocycles. The zero-order chi connectivity index (χ0) is 38.8. The first kappa shape index (κ1) is 39.0. The Morgan fingerprint density at radius 2 is 1.30 bits per heavy atom. The van der Waals surface area contributed by atoms with Gasteiger partial charge in [0.25, 0.3) is 0 Å². The summed E-state index contributed by atoms with van der Waals surface area (Å²) >= 11 is 0. The van der Waals surface area contributed by atoms with Crippen LogP contribution in [-0.2, 0) is 31.3 Å². The third kappa shape index (κ3) is 7.13. The van der Waals surface area contributed by atoms with Gasteiger partial charge in [0.05, 0.1) is 11.4 Å². The van der Waals surface area contributed by atoms with Crippen molar-refractivity contribution in [2.75, 3.05) is 0 Å². The molecule has 0 saturated heterocycles. The van der Waals surface area contributed by atoms with Crippen LogP contribution in [0.5, 0.6) is 11.5 Å². The average Bonchev–Trinajstić information content (AvgIpc) is 3.65. The van der Waals surface area contributed by atoms with Gasteiger partial charge >= 0.3 is 20.4 Å². The predicted octanol–water partition coefficient (Wildman–Crippen LogP) is 12.9. The Morgan fingerprint density at radius 3 is 2.00 bits per heavy atom. The fourth-order valence-electron chi connectivity index (χ4n) is 7.87. The van der Waals surface area contributed by atoms with E-state index in [1.807, 2.05) is 12.3 Å². The first-order chi connectivity index (χ1) is 26.2. The van der Waals surface area contributed by atoms with Gasteiger partial charge in [0.15, 0.2) is 0 Å². The van der Waals surface area contributed by atoms with Crippen LogP contribution in [0.2, 0.25) is 0 Å². The number of nitrogens with zero attached hydrogens (tertiary/aromatic N) is 4. The minimum absolute atomic E-state index is 0. The topological polar surface area (TPSA) is 44.9 Å².